The number of Topliss-reactive ketones (excluding diaryl/α,β-unsaturated/α-hetero) is 2. The number of aryl methyl sites for hydroxylation is 2. The zero-order valence-corrected chi connectivity index (χ0v) is 39.1. The SMILES string of the molecule is CNC(=O)c1cc(C(=O)O)c(C(=O)Cc2ccc(Oc3ccc(C)cc3)cc2)cc1C(=O)O.Cc1ccc(Oc2ccc(CC(=O)c3cc(C(=O)O)c(C4OC(C)N4C)cc3C3OC(C)O3)cc2)cc1. The lowest BCUT2D eigenvalue weighted by Crippen LogP contribution is -2.48. The Hall–Kier alpha value is -8.02. The molecule has 0 aromatic heterocycles. The third-order valence-electron chi connectivity index (χ3n) is 11.7. The van der Waals surface area contributed by atoms with Gasteiger partial charge in [0.1, 0.15) is 35.5 Å². The van der Waals surface area contributed by atoms with Gasteiger partial charge in [-0.3, -0.25) is 19.3 Å². The summed E-state index contributed by atoms with van der Waals surface area (Å²) in [7, 11) is 3.15. The van der Waals surface area contributed by atoms with E-state index in [1.165, 1.54) is 13.1 Å². The molecule has 6 aromatic rings. The number of ketones is 2. The normalized spacial score (nSPS) is 17.1. The van der Waals surface area contributed by atoms with E-state index in [4.69, 9.17) is 23.7 Å². The van der Waals surface area contributed by atoms with Gasteiger partial charge in [-0.05, 0) is 119 Å². The van der Waals surface area contributed by atoms with Gasteiger partial charge in [-0.1, -0.05) is 59.7 Å². The maximum atomic E-state index is 13.4. The zero-order chi connectivity index (χ0) is 50.4. The molecular formula is C54H50N2O14. The summed E-state index contributed by atoms with van der Waals surface area (Å²) in [6.07, 6.45) is -1.89. The zero-order valence-electron chi connectivity index (χ0n) is 39.1. The number of carboxylic acid groups (broad SMARTS) is 3. The van der Waals surface area contributed by atoms with Crippen molar-refractivity contribution in [2.75, 3.05) is 14.1 Å². The molecule has 16 heteroatoms. The molecule has 2 fully saturated rings. The van der Waals surface area contributed by atoms with Crippen molar-refractivity contribution in [1.82, 2.24) is 10.2 Å². The highest BCUT2D eigenvalue weighted by Gasteiger charge is 2.40. The molecule has 0 bridgehead atoms. The van der Waals surface area contributed by atoms with Crippen molar-refractivity contribution >= 4 is 35.4 Å². The van der Waals surface area contributed by atoms with E-state index in [9.17, 15) is 44.1 Å². The maximum Gasteiger partial charge on any atom is 0.336 e. The number of nitrogens with one attached hydrogen (secondary N) is 1. The quantitative estimate of drug-likeness (QED) is 0.0663. The van der Waals surface area contributed by atoms with Gasteiger partial charge in [-0.15, -0.1) is 0 Å². The lowest BCUT2D eigenvalue weighted by Gasteiger charge is -2.45. The maximum absolute atomic E-state index is 13.4. The van der Waals surface area contributed by atoms with Gasteiger partial charge in [-0.2, -0.15) is 0 Å². The lowest BCUT2D eigenvalue weighted by molar-refractivity contribution is -0.382. The largest absolute Gasteiger partial charge is 0.478 e. The summed E-state index contributed by atoms with van der Waals surface area (Å²) in [4.78, 5) is 75.7. The lowest BCUT2D eigenvalue weighted by atomic mass is 9.91. The number of aromatic carboxylic acids is 3. The smallest absolute Gasteiger partial charge is 0.336 e. The molecule has 2 unspecified atom stereocenters. The van der Waals surface area contributed by atoms with E-state index in [-0.39, 0.29) is 47.1 Å². The van der Waals surface area contributed by atoms with Crippen molar-refractivity contribution in [3.8, 4) is 23.0 Å². The van der Waals surface area contributed by atoms with Crippen LogP contribution in [0.2, 0.25) is 0 Å². The third-order valence-corrected chi connectivity index (χ3v) is 11.7. The molecule has 6 aromatic carbocycles. The molecule has 0 radical (unpaired) electrons. The van der Waals surface area contributed by atoms with E-state index < -0.39 is 59.5 Å². The number of benzene rings is 6. The minimum Gasteiger partial charge on any atom is -0.478 e. The minimum absolute atomic E-state index is 0.0186. The molecule has 4 N–H and O–H groups in total. The predicted octanol–water partition coefficient (Wildman–Crippen LogP) is 9.58. The molecule has 0 saturated carbocycles. The second kappa shape index (κ2) is 21.5. The van der Waals surface area contributed by atoms with E-state index in [0.717, 1.165) is 34.6 Å². The van der Waals surface area contributed by atoms with Crippen molar-refractivity contribution in [3.63, 3.8) is 0 Å². The summed E-state index contributed by atoms with van der Waals surface area (Å²) >= 11 is 0. The summed E-state index contributed by atoms with van der Waals surface area (Å²) < 4.78 is 28.8. The molecule has 16 nitrogen and oxygen atoms in total. The fraction of sp³-hybridized carbons (Fsp3) is 0.222. The van der Waals surface area contributed by atoms with Crippen LogP contribution >= 0.6 is 0 Å². The second-order valence-electron chi connectivity index (χ2n) is 16.7. The average Bonchev–Trinajstić information content (AvgIpc) is 3.33. The summed E-state index contributed by atoms with van der Waals surface area (Å²) in [6, 6.07) is 34.1. The van der Waals surface area contributed by atoms with Crippen LogP contribution < -0.4 is 14.8 Å². The fourth-order valence-electron chi connectivity index (χ4n) is 7.67. The molecule has 0 spiro atoms. The highest BCUT2D eigenvalue weighted by Crippen LogP contribution is 2.41. The number of carbonyl (C=O) groups is 6. The number of ether oxygens (including phenoxy) is 5. The van der Waals surface area contributed by atoms with Gasteiger partial charge in [0.25, 0.3) is 5.91 Å². The van der Waals surface area contributed by atoms with Crippen LogP contribution in [0.5, 0.6) is 23.0 Å². The molecule has 2 heterocycles. The first-order valence-electron chi connectivity index (χ1n) is 22.1. The molecule has 2 saturated heterocycles. The van der Waals surface area contributed by atoms with Crippen LogP contribution in [0.25, 0.3) is 0 Å². The van der Waals surface area contributed by atoms with Crippen molar-refractivity contribution < 1.29 is 67.8 Å². The molecule has 360 valence electrons. The van der Waals surface area contributed by atoms with Crippen LogP contribution in [0.4, 0.5) is 0 Å². The standard InChI is InChI=1S/C29H29NO7.C25H21NO7/c1-16-5-9-20(10-6-16)37-21-11-7-19(8-12-21)13-26(31)22-14-24(28(32)33)23(27-30(4)17(2)34-27)15-25(22)29-35-18(3)36-29;1-14-3-7-16(8-4-14)33-17-9-5-15(6-10-17)11-22(27)18-12-21(25(31)32)19(23(28)26-2)13-20(18)24(29)30/h5-12,14-15,17-18,27,29H,13H2,1-4H3,(H,32,33);3-10,12-13H,11H2,1-2H3,(H,26,28)(H,29,30)(H,31,32). The second-order valence-corrected chi connectivity index (χ2v) is 16.7. The molecule has 0 aliphatic carbocycles. The highest BCUT2D eigenvalue weighted by molar-refractivity contribution is 6.12. The molecule has 1 amide bonds. The Kier molecular flexibility index (Phi) is 15.3. The summed E-state index contributed by atoms with van der Waals surface area (Å²) in [6.45, 7) is 7.62. The Bertz CT molecular complexity index is 2950. The van der Waals surface area contributed by atoms with E-state index >= 15 is 0 Å². The topological polar surface area (TPSA) is 225 Å². The van der Waals surface area contributed by atoms with Gasteiger partial charge in [-0.25, -0.2) is 14.4 Å². The van der Waals surface area contributed by atoms with Gasteiger partial charge in [0.05, 0.1) is 22.3 Å². The summed E-state index contributed by atoms with van der Waals surface area (Å²) in [5.74, 6) is -3.01. The van der Waals surface area contributed by atoms with Crippen molar-refractivity contribution in [3.05, 3.63) is 188 Å². The Morgan fingerprint density at radius 2 is 0.929 bits per heavy atom. The van der Waals surface area contributed by atoms with Gasteiger partial charge in [0.15, 0.2) is 24.1 Å². The van der Waals surface area contributed by atoms with E-state index in [2.05, 4.69) is 5.32 Å². The number of hydrogen-bond acceptors (Lipinski definition) is 12. The van der Waals surface area contributed by atoms with Crippen molar-refractivity contribution in [2.24, 2.45) is 0 Å². The van der Waals surface area contributed by atoms with Crippen LogP contribution in [0.15, 0.2) is 121 Å². The van der Waals surface area contributed by atoms with E-state index in [1.54, 1.807) is 49.4 Å². The van der Waals surface area contributed by atoms with Crippen LogP contribution in [0.3, 0.4) is 0 Å². The van der Waals surface area contributed by atoms with Gasteiger partial charge >= 0.3 is 17.9 Å². The van der Waals surface area contributed by atoms with Crippen LogP contribution in [-0.4, -0.2) is 82.2 Å². The fourth-order valence-corrected chi connectivity index (χ4v) is 7.67. The van der Waals surface area contributed by atoms with Crippen LogP contribution in [0, 0.1) is 13.8 Å². The Morgan fingerprint density at radius 1 is 0.529 bits per heavy atom. The molecule has 2 atom stereocenters. The first-order chi connectivity index (χ1) is 33.4. The number of hydrogen-bond donors (Lipinski definition) is 4. The number of amides is 1. The van der Waals surface area contributed by atoms with Crippen molar-refractivity contribution in [2.45, 2.75) is 65.6 Å². The average molecular weight is 951 g/mol. The predicted molar refractivity (Wildman–Crippen MR) is 254 cm³/mol. The molecule has 2 aliphatic rings. The van der Waals surface area contributed by atoms with E-state index in [0.29, 0.717) is 33.9 Å². The first kappa shape index (κ1) is 49.9. The first-order valence-corrected chi connectivity index (χ1v) is 22.1. The van der Waals surface area contributed by atoms with E-state index in [1.807, 2.05) is 93.4 Å². The van der Waals surface area contributed by atoms with Gasteiger partial charge < -0.3 is 44.3 Å². The molecule has 2 aliphatic heterocycles. The van der Waals surface area contributed by atoms with Crippen LogP contribution in [0.1, 0.15) is 122 Å². The molecule has 70 heavy (non-hydrogen) atoms. The number of nitrogens with zero attached hydrogens (tertiary/aromatic N) is 1. The minimum atomic E-state index is -1.45. The Labute approximate surface area is 403 Å². The highest BCUT2D eigenvalue weighted by atomic mass is 16.9. The van der Waals surface area contributed by atoms with Crippen molar-refractivity contribution in [1.29, 1.82) is 0 Å². The third kappa shape index (κ3) is 11.6. The summed E-state index contributed by atoms with van der Waals surface area (Å²) in [5, 5.41) is 31.2. The molecule has 8 rings (SSSR count). The van der Waals surface area contributed by atoms with Gasteiger partial charge in [0, 0.05) is 42.1 Å². The van der Waals surface area contributed by atoms with Crippen LogP contribution in [-0.2, 0) is 27.1 Å². The number of carbonyl (C=O) groups excluding carboxylic acids is 3. The number of rotatable bonds is 16. The summed E-state index contributed by atoms with van der Waals surface area (Å²) in [5.41, 5.74) is 3.32. The van der Waals surface area contributed by atoms with Gasteiger partial charge in [0.2, 0.25) is 0 Å². The number of carboxylic acids is 3. The Balaban J connectivity index is 0.000000208. The molecular weight excluding hydrogens is 901 g/mol. The monoisotopic (exact) mass is 950 g/mol. The Morgan fingerprint density at radius 3 is 1.33 bits per heavy atom.